The van der Waals surface area contributed by atoms with E-state index >= 15 is 0 Å². The number of halogens is 1. The Balaban J connectivity index is 1.65. The SMILES string of the molecule is COc1ccccc1CC(CNC(=O)C1(Cc2cccc(F)c2)CCC1)C(=O)O. The molecule has 0 bridgehead atoms. The molecule has 5 nitrogen and oxygen atoms in total. The van der Waals surface area contributed by atoms with E-state index in [0.29, 0.717) is 12.2 Å². The summed E-state index contributed by atoms with van der Waals surface area (Å²) in [5, 5.41) is 12.5. The van der Waals surface area contributed by atoms with Gasteiger partial charge in [0.2, 0.25) is 5.91 Å². The van der Waals surface area contributed by atoms with Gasteiger partial charge in [0.15, 0.2) is 0 Å². The molecule has 0 saturated heterocycles. The monoisotopic (exact) mass is 399 g/mol. The zero-order valence-corrected chi connectivity index (χ0v) is 16.5. The number of methoxy groups -OCH3 is 1. The number of carboxylic acids is 1. The predicted octanol–water partition coefficient (Wildman–Crippen LogP) is 3.61. The highest BCUT2D eigenvalue weighted by Crippen LogP contribution is 2.44. The summed E-state index contributed by atoms with van der Waals surface area (Å²) < 4.78 is 18.8. The molecule has 2 aromatic carbocycles. The van der Waals surface area contributed by atoms with E-state index in [0.717, 1.165) is 30.4 Å². The number of nitrogens with one attached hydrogen (secondary N) is 1. The molecule has 2 N–H and O–H groups in total. The van der Waals surface area contributed by atoms with E-state index in [1.807, 2.05) is 24.3 Å². The summed E-state index contributed by atoms with van der Waals surface area (Å²) in [5.74, 6) is -1.57. The Bertz CT molecular complexity index is 879. The van der Waals surface area contributed by atoms with E-state index in [-0.39, 0.29) is 24.7 Å². The van der Waals surface area contributed by atoms with Crippen molar-refractivity contribution in [2.24, 2.45) is 11.3 Å². The first-order chi connectivity index (χ1) is 13.9. The Hall–Kier alpha value is -2.89. The van der Waals surface area contributed by atoms with Gasteiger partial charge in [-0.1, -0.05) is 36.8 Å². The molecule has 29 heavy (non-hydrogen) atoms. The summed E-state index contributed by atoms with van der Waals surface area (Å²) in [6, 6.07) is 13.6. The van der Waals surface area contributed by atoms with Crippen LogP contribution in [-0.4, -0.2) is 30.6 Å². The van der Waals surface area contributed by atoms with E-state index in [2.05, 4.69) is 5.32 Å². The zero-order valence-electron chi connectivity index (χ0n) is 16.5. The second kappa shape index (κ2) is 9.07. The lowest BCUT2D eigenvalue weighted by Crippen LogP contribution is -2.49. The summed E-state index contributed by atoms with van der Waals surface area (Å²) in [6.07, 6.45) is 3.10. The summed E-state index contributed by atoms with van der Waals surface area (Å²) in [4.78, 5) is 24.7. The largest absolute Gasteiger partial charge is 0.496 e. The summed E-state index contributed by atoms with van der Waals surface area (Å²) in [6.45, 7) is 0.0388. The van der Waals surface area contributed by atoms with Gasteiger partial charge in [0.1, 0.15) is 11.6 Å². The standard InChI is InChI=1S/C23H26FNO4/c1-29-20-9-3-2-7-17(20)13-18(21(26)27)15-25-22(28)23(10-5-11-23)14-16-6-4-8-19(24)12-16/h2-4,6-9,12,18H,5,10-11,13-15H2,1H3,(H,25,28)(H,26,27). The van der Waals surface area contributed by atoms with Crippen LogP contribution >= 0.6 is 0 Å². The fourth-order valence-corrected chi connectivity index (χ4v) is 3.91. The summed E-state index contributed by atoms with van der Waals surface area (Å²) in [7, 11) is 1.54. The second-order valence-corrected chi connectivity index (χ2v) is 7.70. The van der Waals surface area contributed by atoms with E-state index in [1.165, 1.54) is 12.1 Å². The van der Waals surface area contributed by atoms with E-state index in [4.69, 9.17) is 4.74 Å². The molecule has 6 heteroatoms. The molecule has 1 atom stereocenters. The summed E-state index contributed by atoms with van der Waals surface area (Å²) in [5.41, 5.74) is 0.986. The predicted molar refractivity (Wildman–Crippen MR) is 107 cm³/mol. The number of para-hydroxylation sites is 1. The minimum absolute atomic E-state index is 0.0388. The van der Waals surface area contributed by atoms with Gasteiger partial charge in [-0.3, -0.25) is 9.59 Å². The third-order valence-electron chi connectivity index (χ3n) is 5.74. The fourth-order valence-electron chi connectivity index (χ4n) is 3.91. The van der Waals surface area contributed by atoms with E-state index < -0.39 is 17.3 Å². The lowest BCUT2D eigenvalue weighted by Gasteiger charge is -2.40. The van der Waals surface area contributed by atoms with Gasteiger partial charge >= 0.3 is 5.97 Å². The van der Waals surface area contributed by atoms with Crippen molar-refractivity contribution < 1.29 is 23.8 Å². The molecular formula is C23H26FNO4. The van der Waals surface area contributed by atoms with Crippen molar-refractivity contribution in [3.05, 3.63) is 65.5 Å². The number of ether oxygens (including phenoxy) is 1. The van der Waals surface area contributed by atoms with Crippen LogP contribution in [0.4, 0.5) is 4.39 Å². The van der Waals surface area contributed by atoms with Crippen LogP contribution in [0.2, 0.25) is 0 Å². The zero-order chi connectivity index (χ0) is 20.9. The highest BCUT2D eigenvalue weighted by molar-refractivity contribution is 5.84. The van der Waals surface area contributed by atoms with Crippen LogP contribution in [0.5, 0.6) is 5.75 Å². The first kappa shape index (κ1) is 20.8. The smallest absolute Gasteiger partial charge is 0.308 e. The van der Waals surface area contributed by atoms with Gasteiger partial charge < -0.3 is 15.2 Å². The van der Waals surface area contributed by atoms with Crippen LogP contribution in [0.15, 0.2) is 48.5 Å². The molecule has 1 aliphatic rings. The van der Waals surface area contributed by atoms with Gasteiger partial charge in [-0.2, -0.15) is 0 Å². The number of hydrogen-bond donors (Lipinski definition) is 2. The fraction of sp³-hybridized carbons (Fsp3) is 0.391. The Morgan fingerprint density at radius 2 is 1.97 bits per heavy atom. The summed E-state index contributed by atoms with van der Waals surface area (Å²) >= 11 is 0. The normalized spacial score (nSPS) is 15.8. The lowest BCUT2D eigenvalue weighted by atomic mass is 9.64. The number of carbonyl (C=O) groups excluding carboxylic acids is 1. The molecule has 0 heterocycles. The van der Waals surface area contributed by atoms with Crippen LogP contribution < -0.4 is 10.1 Å². The Morgan fingerprint density at radius 1 is 1.21 bits per heavy atom. The molecule has 0 aromatic heterocycles. The molecule has 1 aliphatic carbocycles. The molecule has 1 saturated carbocycles. The van der Waals surface area contributed by atoms with Gasteiger partial charge in [-0.15, -0.1) is 0 Å². The quantitative estimate of drug-likeness (QED) is 0.676. The Labute approximate surface area is 169 Å². The first-order valence-corrected chi connectivity index (χ1v) is 9.81. The first-order valence-electron chi connectivity index (χ1n) is 9.81. The molecular weight excluding hydrogens is 373 g/mol. The topological polar surface area (TPSA) is 75.6 Å². The van der Waals surface area contributed by atoms with Gasteiger partial charge in [0, 0.05) is 6.54 Å². The van der Waals surface area contributed by atoms with Crippen LogP contribution in [0.25, 0.3) is 0 Å². The van der Waals surface area contributed by atoms with Gasteiger partial charge in [-0.05, 0) is 55.0 Å². The highest BCUT2D eigenvalue weighted by atomic mass is 19.1. The van der Waals surface area contributed by atoms with Crippen molar-refractivity contribution >= 4 is 11.9 Å². The van der Waals surface area contributed by atoms with Crippen LogP contribution in [0.1, 0.15) is 30.4 Å². The number of carboxylic acid groups (broad SMARTS) is 1. The number of carbonyl (C=O) groups is 2. The highest BCUT2D eigenvalue weighted by Gasteiger charge is 2.44. The maximum absolute atomic E-state index is 13.5. The van der Waals surface area contributed by atoms with Crippen LogP contribution in [0, 0.1) is 17.2 Å². The van der Waals surface area contributed by atoms with Crippen molar-refractivity contribution in [1.29, 1.82) is 0 Å². The minimum atomic E-state index is -0.969. The van der Waals surface area contributed by atoms with Gasteiger partial charge in [-0.25, -0.2) is 4.39 Å². The maximum atomic E-state index is 13.5. The molecule has 1 fully saturated rings. The molecule has 1 unspecified atom stereocenters. The van der Waals surface area contributed by atoms with Crippen molar-refractivity contribution in [2.45, 2.75) is 32.1 Å². The van der Waals surface area contributed by atoms with Crippen LogP contribution in [-0.2, 0) is 22.4 Å². The maximum Gasteiger partial charge on any atom is 0.308 e. The number of amides is 1. The lowest BCUT2D eigenvalue weighted by molar-refractivity contribution is -0.142. The van der Waals surface area contributed by atoms with Crippen molar-refractivity contribution in [3.63, 3.8) is 0 Å². The van der Waals surface area contributed by atoms with E-state index in [1.54, 1.807) is 19.2 Å². The van der Waals surface area contributed by atoms with Crippen molar-refractivity contribution in [3.8, 4) is 5.75 Å². The molecule has 0 aliphatic heterocycles. The molecule has 0 radical (unpaired) electrons. The van der Waals surface area contributed by atoms with Gasteiger partial charge in [0.05, 0.1) is 18.4 Å². The third kappa shape index (κ3) is 4.94. The Kier molecular flexibility index (Phi) is 6.52. The number of rotatable bonds is 9. The molecule has 3 rings (SSSR count). The van der Waals surface area contributed by atoms with Crippen LogP contribution in [0.3, 0.4) is 0 Å². The van der Waals surface area contributed by atoms with Crippen molar-refractivity contribution in [2.75, 3.05) is 13.7 Å². The molecule has 154 valence electrons. The molecule has 0 spiro atoms. The van der Waals surface area contributed by atoms with Gasteiger partial charge in [0.25, 0.3) is 0 Å². The number of aliphatic carboxylic acids is 1. The average molecular weight is 399 g/mol. The number of hydrogen-bond acceptors (Lipinski definition) is 3. The molecule has 2 aromatic rings. The minimum Gasteiger partial charge on any atom is -0.496 e. The third-order valence-corrected chi connectivity index (χ3v) is 5.74. The van der Waals surface area contributed by atoms with Crippen molar-refractivity contribution in [1.82, 2.24) is 5.32 Å². The number of benzene rings is 2. The Morgan fingerprint density at radius 3 is 2.59 bits per heavy atom. The molecule has 1 amide bonds. The average Bonchev–Trinajstić information content (AvgIpc) is 2.67. The van der Waals surface area contributed by atoms with E-state index in [9.17, 15) is 19.1 Å². The second-order valence-electron chi connectivity index (χ2n) is 7.70.